The highest BCUT2D eigenvalue weighted by atomic mass is 16.5. The van der Waals surface area contributed by atoms with Crippen molar-refractivity contribution in [1.82, 2.24) is 10.5 Å². The number of carbonyl (C=O) groups excluding carboxylic acids is 1. The van der Waals surface area contributed by atoms with Crippen LogP contribution in [0.4, 0.5) is 0 Å². The van der Waals surface area contributed by atoms with Crippen LogP contribution in [-0.4, -0.2) is 38.8 Å². The van der Waals surface area contributed by atoms with Crippen molar-refractivity contribution in [3.05, 3.63) is 47.3 Å². The van der Waals surface area contributed by atoms with E-state index in [9.17, 15) is 4.79 Å². The number of quaternary nitrogens is 1. The van der Waals surface area contributed by atoms with Gasteiger partial charge in [0.15, 0.2) is 5.69 Å². The van der Waals surface area contributed by atoms with E-state index in [4.69, 9.17) is 9.26 Å². The predicted octanol–water partition coefficient (Wildman–Crippen LogP) is 0.607. The first-order valence-corrected chi connectivity index (χ1v) is 7.16. The Morgan fingerprint density at radius 2 is 2.05 bits per heavy atom. The molecule has 2 N–H and O–H groups in total. The van der Waals surface area contributed by atoms with Crippen molar-refractivity contribution < 1.29 is 19.0 Å². The van der Waals surface area contributed by atoms with Crippen molar-refractivity contribution >= 4 is 5.91 Å². The Morgan fingerprint density at radius 1 is 1.36 bits per heavy atom. The van der Waals surface area contributed by atoms with Crippen LogP contribution in [0.5, 0.6) is 5.75 Å². The molecule has 1 aromatic heterocycles. The number of likely N-dealkylation sites (N-methyl/N-ethyl adjacent to an activating group) is 1. The van der Waals surface area contributed by atoms with Gasteiger partial charge in [0, 0.05) is 11.6 Å². The van der Waals surface area contributed by atoms with E-state index in [1.54, 1.807) is 20.1 Å². The topological polar surface area (TPSA) is 68.8 Å². The van der Waals surface area contributed by atoms with E-state index in [-0.39, 0.29) is 11.9 Å². The van der Waals surface area contributed by atoms with E-state index >= 15 is 0 Å². The maximum Gasteiger partial charge on any atom is 0.273 e. The lowest BCUT2D eigenvalue weighted by Crippen LogP contribution is -3.07. The first kappa shape index (κ1) is 16.0. The molecule has 0 fully saturated rings. The SMILES string of the molecule is COc1ccc([C@H](CNC(=O)c2cc(C)on2)[NH+](C)C)cc1. The van der Waals surface area contributed by atoms with Crippen LogP contribution in [0, 0.1) is 6.92 Å². The van der Waals surface area contributed by atoms with Gasteiger partial charge in [-0.2, -0.15) is 0 Å². The molecule has 0 saturated heterocycles. The third kappa shape index (κ3) is 3.85. The second-order valence-corrected chi connectivity index (χ2v) is 5.44. The van der Waals surface area contributed by atoms with Gasteiger partial charge in [0.05, 0.1) is 27.7 Å². The Bertz CT molecular complexity index is 620. The van der Waals surface area contributed by atoms with Crippen molar-refractivity contribution in [1.29, 1.82) is 0 Å². The molecule has 0 radical (unpaired) electrons. The number of ether oxygens (including phenoxy) is 1. The number of carbonyl (C=O) groups is 1. The molecule has 118 valence electrons. The Hall–Kier alpha value is -2.34. The molecule has 0 aliphatic rings. The quantitative estimate of drug-likeness (QED) is 0.820. The fourth-order valence-electron chi connectivity index (χ4n) is 2.25. The smallest absolute Gasteiger partial charge is 0.273 e. The normalized spacial score (nSPS) is 12.2. The van der Waals surface area contributed by atoms with Crippen LogP contribution in [-0.2, 0) is 0 Å². The highest BCUT2D eigenvalue weighted by Gasteiger charge is 2.20. The maximum atomic E-state index is 12.1. The van der Waals surface area contributed by atoms with Crippen LogP contribution < -0.4 is 15.0 Å². The average molecular weight is 304 g/mol. The zero-order chi connectivity index (χ0) is 16.1. The lowest BCUT2D eigenvalue weighted by atomic mass is 10.1. The van der Waals surface area contributed by atoms with Crippen molar-refractivity contribution in [2.75, 3.05) is 27.7 Å². The van der Waals surface area contributed by atoms with Gasteiger partial charge in [0.1, 0.15) is 17.6 Å². The molecule has 0 aliphatic heterocycles. The molecular formula is C16H22N3O3+. The summed E-state index contributed by atoms with van der Waals surface area (Å²) in [6, 6.07) is 9.65. The van der Waals surface area contributed by atoms with Crippen molar-refractivity contribution in [2.45, 2.75) is 13.0 Å². The highest BCUT2D eigenvalue weighted by molar-refractivity contribution is 5.92. The Morgan fingerprint density at radius 3 is 2.55 bits per heavy atom. The molecule has 0 unspecified atom stereocenters. The highest BCUT2D eigenvalue weighted by Crippen LogP contribution is 2.15. The van der Waals surface area contributed by atoms with E-state index in [1.165, 1.54) is 4.90 Å². The van der Waals surface area contributed by atoms with Crippen molar-refractivity contribution in [2.24, 2.45) is 0 Å². The van der Waals surface area contributed by atoms with Gasteiger partial charge >= 0.3 is 0 Å². The van der Waals surface area contributed by atoms with Gasteiger partial charge in [-0.1, -0.05) is 5.16 Å². The van der Waals surface area contributed by atoms with Crippen LogP contribution in [0.1, 0.15) is 27.9 Å². The fourth-order valence-corrected chi connectivity index (χ4v) is 2.25. The third-order valence-electron chi connectivity index (χ3n) is 3.54. The number of aromatic nitrogens is 1. The van der Waals surface area contributed by atoms with E-state index < -0.39 is 0 Å². The molecule has 1 heterocycles. The minimum absolute atomic E-state index is 0.142. The number of hydrogen-bond acceptors (Lipinski definition) is 4. The molecule has 0 aliphatic carbocycles. The van der Waals surface area contributed by atoms with Crippen molar-refractivity contribution in [3.8, 4) is 5.75 Å². The van der Waals surface area contributed by atoms with Crippen LogP contribution in [0.2, 0.25) is 0 Å². The number of nitrogens with zero attached hydrogens (tertiary/aromatic N) is 1. The van der Waals surface area contributed by atoms with E-state index in [1.807, 2.05) is 24.3 Å². The first-order valence-electron chi connectivity index (χ1n) is 7.16. The summed E-state index contributed by atoms with van der Waals surface area (Å²) < 4.78 is 10.1. The summed E-state index contributed by atoms with van der Waals surface area (Å²) in [4.78, 5) is 13.3. The van der Waals surface area contributed by atoms with Gasteiger partial charge in [0.2, 0.25) is 0 Å². The average Bonchev–Trinajstić information content (AvgIpc) is 2.94. The van der Waals surface area contributed by atoms with Gasteiger partial charge < -0.3 is 19.5 Å². The molecule has 0 bridgehead atoms. The summed E-state index contributed by atoms with van der Waals surface area (Å²) in [5.74, 6) is 1.21. The second kappa shape index (κ2) is 7.09. The van der Waals surface area contributed by atoms with E-state index in [0.717, 1.165) is 11.3 Å². The monoisotopic (exact) mass is 304 g/mol. The molecule has 1 amide bonds. The largest absolute Gasteiger partial charge is 0.497 e. The van der Waals surface area contributed by atoms with Gasteiger partial charge in [-0.25, -0.2) is 0 Å². The summed E-state index contributed by atoms with van der Waals surface area (Å²) in [5, 5.41) is 6.63. The summed E-state index contributed by atoms with van der Waals surface area (Å²) in [6.07, 6.45) is 0. The fraction of sp³-hybridized carbons (Fsp3) is 0.375. The van der Waals surface area contributed by atoms with E-state index in [2.05, 4.69) is 24.6 Å². The molecule has 0 saturated carbocycles. The lowest BCUT2D eigenvalue weighted by molar-refractivity contribution is -0.890. The van der Waals surface area contributed by atoms with Crippen LogP contribution in [0.15, 0.2) is 34.9 Å². The minimum atomic E-state index is -0.225. The number of rotatable bonds is 6. The van der Waals surface area contributed by atoms with Crippen LogP contribution >= 0.6 is 0 Å². The minimum Gasteiger partial charge on any atom is -0.497 e. The number of hydrogen-bond donors (Lipinski definition) is 2. The first-order chi connectivity index (χ1) is 10.5. The van der Waals surface area contributed by atoms with Crippen LogP contribution in [0.25, 0.3) is 0 Å². The summed E-state index contributed by atoms with van der Waals surface area (Å²) in [7, 11) is 5.76. The summed E-state index contributed by atoms with van der Waals surface area (Å²) in [6.45, 7) is 2.27. The molecule has 1 aromatic carbocycles. The maximum absolute atomic E-state index is 12.1. The Labute approximate surface area is 130 Å². The molecule has 1 atom stereocenters. The predicted molar refractivity (Wildman–Crippen MR) is 82.1 cm³/mol. The number of methoxy groups -OCH3 is 1. The van der Waals surface area contributed by atoms with Gasteiger partial charge in [-0.15, -0.1) is 0 Å². The number of aryl methyl sites for hydroxylation is 1. The van der Waals surface area contributed by atoms with Crippen molar-refractivity contribution in [3.63, 3.8) is 0 Å². The van der Waals surface area contributed by atoms with Gasteiger partial charge in [-0.05, 0) is 31.2 Å². The molecular weight excluding hydrogens is 282 g/mol. The zero-order valence-electron chi connectivity index (χ0n) is 13.3. The van der Waals surface area contributed by atoms with Gasteiger partial charge in [0.25, 0.3) is 5.91 Å². The number of amides is 1. The van der Waals surface area contributed by atoms with E-state index in [0.29, 0.717) is 18.0 Å². The van der Waals surface area contributed by atoms with Crippen LogP contribution in [0.3, 0.4) is 0 Å². The molecule has 22 heavy (non-hydrogen) atoms. The standard InChI is InChI=1S/C16H21N3O3/c1-11-9-14(18-22-11)16(20)17-10-15(19(2)3)12-5-7-13(21-4)8-6-12/h5-9,15H,10H2,1-4H3,(H,17,20)/p+1/t15-/m0/s1. The van der Waals surface area contributed by atoms with Gasteiger partial charge in [-0.3, -0.25) is 4.79 Å². The Balaban J connectivity index is 2.03. The molecule has 6 heteroatoms. The third-order valence-corrected chi connectivity index (χ3v) is 3.54. The molecule has 0 spiro atoms. The Kier molecular flexibility index (Phi) is 5.16. The molecule has 6 nitrogen and oxygen atoms in total. The number of benzene rings is 1. The molecule has 2 rings (SSSR count). The number of nitrogens with one attached hydrogen (secondary N) is 2. The summed E-state index contributed by atoms with van der Waals surface area (Å²) >= 11 is 0. The lowest BCUT2D eigenvalue weighted by Gasteiger charge is -2.22. The second-order valence-electron chi connectivity index (χ2n) is 5.44. The molecule has 2 aromatic rings. The summed E-state index contributed by atoms with van der Waals surface area (Å²) in [5.41, 5.74) is 1.44. The zero-order valence-corrected chi connectivity index (χ0v) is 13.3.